The number of hydrogen-bond acceptors (Lipinski definition) is 3. The second-order valence-electron chi connectivity index (χ2n) is 7.39. The zero-order valence-corrected chi connectivity index (χ0v) is 14.7. The van der Waals surface area contributed by atoms with Crippen molar-refractivity contribution < 1.29 is 14.7 Å². The van der Waals surface area contributed by atoms with Gasteiger partial charge < -0.3 is 15.3 Å². The van der Waals surface area contributed by atoms with Crippen LogP contribution < -0.4 is 5.32 Å². The molecule has 0 atom stereocenters. The number of carbonyl (C=O) groups excluding carboxylic acids is 2. The number of aliphatic hydroxyl groups excluding tert-OH is 1. The second kappa shape index (κ2) is 8.00. The average Bonchev–Trinajstić information content (AvgIpc) is 2.60. The quantitative estimate of drug-likeness (QED) is 0.829. The molecule has 1 aromatic rings. The molecule has 1 aromatic carbocycles. The summed E-state index contributed by atoms with van der Waals surface area (Å²) in [6.07, 6.45) is 4.88. The molecule has 5 heteroatoms. The first kappa shape index (κ1) is 17.9. The highest BCUT2D eigenvalue weighted by atomic mass is 16.3. The number of carbonyl (C=O) groups is 2. The van der Waals surface area contributed by atoms with Gasteiger partial charge >= 0.3 is 0 Å². The van der Waals surface area contributed by atoms with E-state index in [9.17, 15) is 14.7 Å². The van der Waals surface area contributed by atoms with E-state index in [0.717, 1.165) is 12.8 Å². The number of rotatable bonds is 6. The molecule has 3 rings (SSSR count). The largest absolute Gasteiger partial charge is 0.393 e. The van der Waals surface area contributed by atoms with Crippen LogP contribution in [0.15, 0.2) is 30.3 Å². The molecule has 1 aliphatic heterocycles. The third-order valence-electron chi connectivity index (χ3n) is 5.70. The number of amides is 2. The Hall–Kier alpha value is -1.88. The molecule has 25 heavy (non-hydrogen) atoms. The summed E-state index contributed by atoms with van der Waals surface area (Å²) >= 11 is 0. The van der Waals surface area contributed by atoms with E-state index in [1.54, 1.807) is 4.90 Å². The van der Waals surface area contributed by atoms with Gasteiger partial charge in [0.2, 0.25) is 11.8 Å². The molecule has 2 amide bonds. The minimum atomic E-state index is -0.288. The minimum absolute atomic E-state index is 0.0171. The molecule has 0 unspecified atom stereocenters. The van der Waals surface area contributed by atoms with Gasteiger partial charge in [-0.05, 0) is 31.2 Å². The summed E-state index contributed by atoms with van der Waals surface area (Å²) in [4.78, 5) is 26.1. The molecule has 5 nitrogen and oxygen atoms in total. The normalized spacial score (nSPS) is 20.0. The van der Waals surface area contributed by atoms with Gasteiger partial charge in [-0.3, -0.25) is 9.59 Å². The van der Waals surface area contributed by atoms with Crippen molar-refractivity contribution in [2.24, 2.45) is 0 Å². The van der Waals surface area contributed by atoms with Gasteiger partial charge in [0.25, 0.3) is 0 Å². The molecule has 2 aliphatic rings. The lowest BCUT2D eigenvalue weighted by Gasteiger charge is -2.42. The fourth-order valence-electron chi connectivity index (χ4n) is 3.81. The van der Waals surface area contributed by atoms with Crippen LogP contribution in [0.2, 0.25) is 0 Å². The van der Waals surface area contributed by atoms with Crippen molar-refractivity contribution in [1.82, 2.24) is 10.2 Å². The van der Waals surface area contributed by atoms with Crippen molar-refractivity contribution in [3.63, 3.8) is 0 Å². The topological polar surface area (TPSA) is 69.6 Å². The molecule has 0 aromatic heterocycles. The Morgan fingerprint density at radius 3 is 2.40 bits per heavy atom. The maximum Gasteiger partial charge on any atom is 0.223 e. The second-order valence-corrected chi connectivity index (χ2v) is 7.39. The first-order valence-electron chi connectivity index (χ1n) is 9.37. The molecule has 1 saturated heterocycles. The van der Waals surface area contributed by atoms with E-state index in [1.165, 1.54) is 12.0 Å². The van der Waals surface area contributed by atoms with Crippen molar-refractivity contribution in [3.05, 3.63) is 35.9 Å². The highest BCUT2D eigenvalue weighted by molar-refractivity contribution is 5.83. The average molecular weight is 344 g/mol. The number of nitrogens with zero attached hydrogens (tertiary/aromatic N) is 1. The van der Waals surface area contributed by atoms with Crippen LogP contribution in [0.5, 0.6) is 0 Å². The fourth-order valence-corrected chi connectivity index (χ4v) is 3.81. The first-order valence-corrected chi connectivity index (χ1v) is 9.37. The predicted molar refractivity (Wildman–Crippen MR) is 96.0 cm³/mol. The van der Waals surface area contributed by atoms with Crippen molar-refractivity contribution in [2.45, 2.75) is 56.5 Å². The molecule has 2 N–H and O–H groups in total. The van der Waals surface area contributed by atoms with Gasteiger partial charge in [0.1, 0.15) is 0 Å². The van der Waals surface area contributed by atoms with E-state index in [2.05, 4.69) is 17.4 Å². The zero-order chi connectivity index (χ0) is 17.7. The highest BCUT2D eigenvalue weighted by Gasteiger charge is 2.38. The van der Waals surface area contributed by atoms with Gasteiger partial charge in [-0.2, -0.15) is 0 Å². The molecule has 1 saturated carbocycles. The minimum Gasteiger partial charge on any atom is -0.393 e. The molecule has 136 valence electrons. The monoisotopic (exact) mass is 344 g/mol. The summed E-state index contributed by atoms with van der Waals surface area (Å²) in [5.41, 5.74) is 1.37. The lowest BCUT2D eigenvalue weighted by Crippen LogP contribution is -2.46. The number of hydrogen-bond donors (Lipinski definition) is 2. The van der Waals surface area contributed by atoms with Crippen LogP contribution in [0.3, 0.4) is 0 Å². The summed E-state index contributed by atoms with van der Waals surface area (Å²) in [5, 5.41) is 12.5. The van der Waals surface area contributed by atoms with Crippen LogP contribution in [0.25, 0.3) is 0 Å². The summed E-state index contributed by atoms with van der Waals surface area (Å²) in [7, 11) is 0. The maximum absolute atomic E-state index is 12.2. The summed E-state index contributed by atoms with van der Waals surface area (Å²) in [5.74, 6) is -0.0314. The van der Waals surface area contributed by atoms with Crippen LogP contribution in [0, 0.1) is 0 Å². The summed E-state index contributed by atoms with van der Waals surface area (Å²) < 4.78 is 0. The van der Waals surface area contributed by atoms with Crippen molar-refractivity contribution in [1.29, 1.82) is 0 Å². The Morgan fingerprint density at radius 1 is 1.12 bits per heavy atom. The van der Waals surface area contributed by atoms with E-state index < -0.39 is 0 Å². The van der Waals surface area contributed by atoms with Crippen LogP contribution in [0.4, 0.5) is 0 Å². The Labute approximate surface area is 149 Å². The number of nitrogens with one attached hydrogen (secondary N) is 1. The van der Waals surface area contributed by atoms with Gasteiger partial charge in [0, 0.05) is 37.9 Å². The van der Waals surface area contributed by atoms with Crippen molar-refractivity contribution >= 4 is 11.8 Å². The van der Waals surface area contributed by atoms with E-state index in [0.29, 0.717) is 32.5 Å². The van der Waals surface area contributed by atoms with E-state index in [4.69, 9.17) is 0 Å². The van der Waals surface area contributed by atoms with E-state index in [1.807, 2.05) is 18.2 Å². The highest BCUT2D eigenvalue weighted by Crippen LogP contribution is 2.43. The molecule has 0 bridgehead atoms. The van der Waals surface area contributed by atoms with E-state index in [-0.39, 0.29) is 36.2 Å². The number of aliphatic hydroxyl groups is 1. The molecular formula is C20H28N2O3. The Kier molecular flexibility index (Phi) is 5.74. The third kappa shape index (κ3) is 4.40. The zero-order valence-electron chi connectivity index (χ0n) is 14.7. The standard InChI is InChI=1S/C20H28N2O3/c23-17-9-13-22(14-10-17)19(25)8-7-18(24)21-15-20(11-4-12-20)16-5-2-1-3-6-16/h1-3,5-6,17,23H,4,7-15H2,(H,21,24). The van der Waals surface area contributed by atoms with Crippen LogP contribution >= 0.6 is 0 Å². The van der Waals surface area contributed by atoms with Crippen molar-refractivity contribution in [3.8, 4) is 0 Å². The molecule has 1 heterocycles. The first-order chi connectivity index (χ1) is 12.1. The van der Waals surface area contributed by atoms with Crippen molar-refractivity contribution in [2.75, 3.05) is 19.6 Å². The van der Waals surface area contributed by atoms with Crippen LogP contribution in [-0.4, -0.2) is 47.6 Å². The molecular weight excluding hydrogens is 316 g/mol. The Morgan fingerprint density at radius 2 is 1.80 bits per heavy atom. The summed E-state index contributed by atoms with van der Waals surface area (Å²) in [6, 6.07) is 10.4. The third-order valence-corrected chi connectivity index (χ3v) is 5.70. The molecule has 0 radical (unpaired) electrons. The van der Waals surface area contributed by atoms with Gasteiger partial charge in [-0.25, -0.2) is 0 Å². The Bertz CT molecular complexity index is 590. The van der Waals surface area contributed by atoms with Gasteiger partial charge in [0.05, 0.1) is 6.10 Å². The fraction of sp³-hybridized carbons (Fsp3) is 0.600. The number of likely N-dealkylation sites (tertiary alicyclic amines) is 1. The lowest BCUT2D eigenvalue weighted by molar-refractivity contribution is -0.135. The van der Waals surface area contributed by atoms with Gasteiger partial charge in [-0.15, -0.1) is 0 Å². The van der Waals surface area contributed by atoms with Gasteiger partial charge in [-0.1, -0.05) is 36.8 Å². The molecule has 1 aliphatic carbocycles. The molecule has 2 fully saturated rings. The van der Waals surface area contributed by atoms with Crippen LogP contribution in [0.1, 0.15) is 50.5 Å². The van der Waals surface area contributed by atoms with Gasteiger partial charge in [0.15, 0.2) is 0 Å². The predicted octanol–water partition coefficient (Wildman–Crippen LogP) is 1.99. The number of piperidine rings is 1. The maximum atomic E-state index is 12.2. The number of benzene rings is 1. The smallest absolute Gasteiger partial charge is 0.223 e. The Balaban J connectivity index is 1.43. The summed E-state index contributed by atoms with van der Waals surface area (Å²) in [6.45, 7) is 1.84. The van der Waals surface area contributed by atoms with E-state index >= 15 is 0 Å². The lowest BCUT2D eigenvalue weighted by atomic mass is 9.64. The van der Waals surface area contributed by atoms with Crippen LogP contribution in [-0.2, 0) is 15.0 Å². The molecule has 0 spiro atoms. The SMILES string of the molecule is O=C(CCC(=O)N1CCC(O)CC1)NCC1(c2ccccc2)CCC1.